The smallest absolute Gasteiger partial charge is 0.272 e. The van der Waals surface area contributed by atoms with Gasteiger partial charge in [-0.1, -0.05) is 37.3 Å². The first kappa shape index (κ1) is 19.4. The molecule has 0 unspecified atom stereocenters. The van der Waals surface area contributed by atoms with Crippen molar-refractivity contribution in [2.75, 3.05) is 5.32 Å². The summed E-state index contributed by atoms with van der Waals surface area (Å²) in [4.78, 5) is 29.2. The number of nitrogens with zero attached hydrogens (tertiary/aromatic N) is 4. The van der Waals surface area contributed by atoms with E-state index in [0.29, 0.717) is 12.2 Å². The number of carbonyl (C=O) groups is 2. The Morgan fingerprint density at radius 3 is 2.50 bits per heavy atom. The van der Waals surface area contributed by atoms with Crippen LogP contribution in [0.15, 0.2) is 60.7 Å². The normalized spacial score (nSPS) is 10.9. The predicted octanol–water partition coefficient (Wildman–Crippen LogP) is 3.04. The third-order valence-corrected chi connectivity index (χ3v) is 4.82. The summed E-state index contributed by atoms with van der Waals surface area (Å²) in [6.45, 7) is 2.03. The van der Waals surface area contributed by atoms with Gasteiger partial charge in [0.15, 0.2) is 5.69 Å². The molecule has 4 aromatic rings. The van der Waals surface area contributed by atoms with E-state index in [1.165, 1.54) is 0 Å². The average molecular weight is 402 g/mol. The number of benzene rings is 2. The molecule has 0 aliphatic heterocycles. The van der Waals surface area contributed by atoms with Crippen molar-refractivity contribution in [1.29, 1.82) is 0 Å². The third-order valence-electron chi connectivity index (χ3n) is 4.82. The number of amides is 2. The van der Waals surface area contributed by atoms with Crippen molar-refractivity contribution in [3.05, 3.63) is 72.2 Å². The summed E-state index contributed by atoms with van der Waals surface area (Å²) in [5, 5.41) is 10.1. The molecule has 0 radical (unpaired) electrons. The lowest BCUT2D eigenvalue weighted by atomic mass is 10.3. The number of rotatable bonds is 6. The van der Waals surface area contributed by atoms with Gasteiger partial charge in [0.1, 0.15) is 11.6 Å². The second-order valence-electron chi connectivity index (χ2n) is 6.82. The minimum Gasteiger partial charge on any atom is -0.343 e. The molecule has 2 N–H and O–H groups in total. The van der Waals surface area contributed by atoms with Crippen LogP contribution in [0.25, 0.3) is 16.7 Å². The van der Waals surface area contributed by atoms with Gasteiger partial charge in [-0.15, -0.1) is 0 Å². The van der Waals surface area contributed by atoms with Crippen LogP contribution in [0.5, 0.6) is 0 Å². The Labute approximate surface area is 173 Å². The van der Waals surface area contributed by atoms with E-state index < -0.39 is 0 Å². The van der Waals surface area contributed by atoms with Crippen LogP contribution in [0.1, 0.15) is 29.7 Å². The predicted molar refractivity (Wildman–Crippen MR) is 114 cm³/mol. The Morgan fingerprint density at radius 1 is 1.03 bits per heavy atom. The lowest BCUT2D eigenvalue weighted by Crippen LogP contribution is -2.25. The van der Waals surface area contributed by atoms with Crippen LogP contribution >= 0.6 is 0 Å². The van der Waals surface area contributed by atoms with Gasteiger partial charge >= 0.3 is 0 Å². The molecule has 152 valence electrons. The second-order valence-corrected chi connectivity index (χ2v) is 6.82. The number of imidazole rings is 1. The van der Waals surface area contributed by atoms with E-state index in [-0.39, 0.29) is 24.1 Å². The quantitative estimate of drug-likeness (QED) is 0.518. The molecule has 2 aromatic heterocycles. The van der Waals surface area contributed by atoms with Crippen molar-refractivity contribution in [3.8, 4) is 5.69 Å². The van der Waals surface area contributed by atoms with E-state index in [4.69, 9.17) is 0 Å². The Hall–Kier alpha value is -3.94. The molecule has 2 amide bonds. The van der Waals surface area contributed by atoms with Gasteiger partial charge in [-0.25, -0.2) is 9.67 Å². The number of nitrogens with one attached hydrogen (secondary N) is 2. The first-order valence-electron chi connectivity index (χ1n) is 9.70. The highest BCUT2D eigenvalue weighted by molar-refractivity contribution is 5.95. The summed E-state index contributed by atoms with van der Waals surface area (Å²) in [6, 6.07) is 18.7. The van der Waals surface area contributed by atoms with Gasteiger partial charge in [0.2, 0.25) is 5.91 Å². The number of fused-ring (bicyclic) bond motifs is 1. The van der Waals surface area contributed by atoms with Gasteiger partial charge in [0, 0.05) is 19.5 Å². The molecule has 30 heavy (non-hydrogen) atoms. The molecule has 8 heteroatoms. The molecule has 0 spiro atoms. The van der Waals surface area contributed by atoms with Crippen LogP contribution < -0.4 is 10.6 Å². The summed E-state index contributed by atoms with van der Waals surface area (Å²) < 4.78 is 3.50. The zero-order valence-electron chi connectivity index (χ0n) is 16.8. The fraction of sp³-hybridized carbons (Fsp3) is 0.182. The number of para-hydroxylation sites is 3. The van der Waals surface area contributed by atoms with Crippen molar-refractivity contribution < 1.29 is 9.59 Å². The van der Waals surface area contributed by atoms with Crippen LogP contribution in [-0.2, 0) is 18.4 Å². The van der Waals surface area contributed by atoms with Crippen LogP contribution in [0.2, 0.25) is 0 Å². The number of carbonyl (C=O) groups excluding carboxylic acids is 2. The largest absolute Gasteiger partial charge is 0.343 e. The topological polar surface area (TPSA) is 93.8 Å². The van der Waals surface area contributed by atoms with Crippen molar-refractivity contribution in [2.24, 2.45) is 7.05 Å². The van der Waals surface area contributed by atoms with Gasteiger partial charge in [0.05, 0.1) is 23.3 Å². The summed E-state index contributed by atoms with van der Waals surface area (Å²) in [7, 11) is 1.92. The lowest BCUT2D eigenvalue weighted by molar-refractivity contribution is -0.115. The number of hydrogen-bond donors (Lipinski definition) is 2. The van der Waals surface area contributed by atoms with E-state index >= 15 is 0 Å². The molecule has 0 saturated heterocycles. The van der Waals surface area contributed by atoms with E-state index in [2.05, 4.69) is 20.7 Å². The van der Waals surface area contributed by atoms with Crippen LogP contribution in [-0.4, -0.2) is 31.1 Å². The standard InChI is InChI=1S/C22H22N6O2/c1-3-21(29)25-19-13-17(26-28(19)15-9-5-4-6-10-15)22(30)23-14-20-24-16-11-7-8-12-18(16)27(20)2/h4-13H,3,14H2,1-2H3,(H,23,30)(H,25,29). The van der Waals surface area contributed by atoms with E-state index in [9.17, 15) is 9.59 Å². The van der Waals surface area contributed by atoms with E-state index in [0.717, 1.165) is 22.5 Å². The monoisotopic (exact) mass is 402 g/mol. The molecular weight excluding hydrogens is 380 g/mol. The van der Waals surface area contributed by atoms with Gasteiger partial charge < -0.3 is 15.2 Å². The zero-order valence-corrected chi connectivity index (χ0v) is 16.8. The molecule has 0 atom stereocenters. The Morgan fingerprint density at radius 2 is 1.77 bits per heavy atom. The minimum absolute atomic E-state index is 0.154. The van der Waals surface area contributed by atoms with E-state index in [1.54, 1.807) is 17.7 Å². The molecule has 8 nitrogen and oxygen atoms in total. The lowest BCUT2D eigenvalue weighted by Gasteiger charge is -2.07. The molecule has 4 rings (SSSR count). The Kier molecular flexibility index (Phi) is 5.30. The third kappa shape index (κ3) is 3.80. The molecule has 0 fully saturated rings. The van der Waals surface area contributed by atoms with E-state index in [1.807, 2.05) is 66.2 Å². The number of aryl methyl sites for hydroxylation is 1. The fourth-order valence-corrected chi connectivity index (χ4v) is 3.18. The summed E-state index contributed by atoms with van der Waals surface area (Å²) in [6.07, 6.45) is 0.328. The van der Waals surface area contributed by atoms with Gasteiger partial charge in [-0.3, -0.25) is 9.59 Å². The Bertz CT molecular complexity index is 1210. The highest BCUT2D eigenvalue weighted by Crippen LogP contribution is 2.18. The van der Waals surface area contributed by atoms with Crippen molar-refractivity contribution in [3.63, 3.8) is 0 Å². The minimum atomic E-state index is -0.344. The number of anilines is 1. The summed E-state index contributed by atoms with van der Waals surface area (Å²) >= 11 is 0. The second kappa shape index (κ2) is 8.20. The molecule has 0 bridgehead atoms. The van der Waals surface area contributed by atoms with Crippen LogP contribution in [0, 0.1) is 0 Å². The number of aromatic nitrogens is 4. The van der Waals surface area contributed by atoms with Gasteiger partial charge in [-0.05, 0) is 24.3 Å². The SMILES string of the molecule is CCC(=O)Nc1cc(C(=O)NCc2nc3ccccc3n2C)nn1-c1ccccc1. The first-order chi connectivity index (χ1) is 14.6. The zero-order chi connectivity index (χ0) is 21.1. The molecule has 2 aromatic carbocycles. The van der Waals surface area contributed by atoms with Gasteiger partial charge in [-0.2, -0.15) is 5.10 Å². The highest BCUT2D eigenvalue weighted by Gasteiger charge is 2.17. The molecular formula is C22H22N6O2. The van der Waals surface area contributed by atoms with Crippen molar-refractivity contribution in [1.82, 2.24) is 24.6 Å². The van der Waals surface area contributed by atoms with Gasteiger partial charge in [0.25, 0.3) is 5.91 Å². The fourth-order valence-electron chi connectivity index (χ4n) is 3.18. The number of hydrogen-bond acceptors (Lipinski definition) is 4. The van der Waals surface area contributed by atoms with Crippen molar-refractivity contribution in [2.45, 2.75) is 19.9 Å². The molecule has 2 heterocycles. The first-order valence-corrected chi connectivity index (χ1v) is 9.70. The molecule has 0 aliphatic carbocycles. The Balaban J connectivity index is 1.57. The molecule has 0 saturated carbocycles. The maximum absolute atomic E-state index is 12.8. The summed E-state index contributed by atoms with van der Waals surface area (Å²) in [5.41, 5.74) is 2.84. The van der Waals surface area contributed by atoms with Crippen molar-refractivity contribution >= 4 is 28.7 Å². The highest BCUT2D eigenvalue weighted by atomic mass is 16.2. The maximum Gasteiger partial charge on any atom is 0.272 e. The van der Waals surface area contributed by atoms with Crippen LogP contribution in [0.4, 0.5) is 5.82 Å². The summed E-state index contributed by atoms with van der Waals surface area (Å²) in [5.74, 6) is 0.690. The maximum atomic E-state index is 12.8. The average Bonchev–Trinajstić information content (AvgIpc) is 3.34. The molecule has 0 aliphatic rings. The van der Waals surface area contributed by atoms with Crippen LogP contribution in [0.3, 0.4) is 0 Å².